The van der Waals surface area contributed by atoms with Crippen LogP contribution in [-0.4, -0.2) is 38.4 Å². The number of para-hydroxylation sites is 1. The van der Waals surface area contributed by atoms with Crippen molar-refractivity contribution in [2.75, 3.05) is 13.2 Å². The Morgan fingerprint density at radius 1 is 1.10 bits per heavy atom. The lowest BCUT2D eigenvalue weighted by molar-refractivity contribution is -0.123. The molecule has 4 aromatic rings. The summed E-state index contributed by atoms with van der Waals surface area (Å²) in [6.07, 6.45) is 3.01. The van der Waals surface area contributed by atoms with E-state index < -0.39 is 0 Å². The number of carbonyl (C=O) groups excluding carboxylic acids is 1. The summed E-state index contributed by atoms with van der Waals surface area (Å²) in [6.45, 7) is 1.04. The SMILES string of the molecule is O=C(COc1ccccc1)NCCn1ncc2c(=O)n(Cc3ccc(Cl)cc3)cnc21. The van der Waals surface area contributed by atoms with Gasteiger partial charge in [0, 0.05) is 11.6 Å². The van der Waals surface area contributed by atoms with Crippen molar-refractivity contribution in [3.05, 3.63) is 88.1 Å². The first-order chi connectivity index (χ1) is 15.1. The van der Waals surface area contributed by atoms with Crippen LogP contribution in [0, 0.1) is 0 Å². The molecule has 8 nitrogen and oxygen atoms in total. The molecule has 0 unspecified atom stereocenters. The van der Waals surface area contributed by atoms with E-state index in [0.717, 1.165) is 5.56 Å². The van der Waals surface area contributed by atoms with Crippen LogP contribution in [0.2, 0.25) is 5.02 Å². The third kappa shape index (κ3) is 5.10. The quantitative estimate of drug-likeness (QED) is 0.457. The van der Waals surface area contributed by atoms with Gasteiger partial charge in [-0.2, -0.15) is 5.10 Å². The molecule has 158 valence electrons. The summed E-state index contributed by atoms with van der Waals surface area (Å²) in [5, 5.41) is 8.09. The Hall–Kier alpha value is -3.65. The maximum Gasteiger partial charge on any atom is 0.264 e. The summed E-state index contributed by atoms with van der Waals surface area (Å²) in [4.78, 5) is 29.1. The molecule has 0 radical (unpaired) electrons. The molecule has 0 saturated carbocycles. The summed E-state index contributed by atoms with van der Waals surface area (Å²) in [5.74, 6) is 0.397. The molecule has 1 N–H and O–H groups in total. The minimum absolute atomic E-state index is 0.0719. The van der Waals surface area contributed by atoms with Gasteiger partial charge >= 0.3 is 0 Å². The van der Waals surface area contributed by atoms with Crippen molar-refractivity contribution in [1.29, 1.82) is 0 Å². The van der Waals surface area contributed by atoms with Gasteiger partial charge in [-0.15, -0.1) is 0 Å². The van der Waals surface area contributed by atoms with Gasteiger partial charge in [-0.3, -0.25) is 14.2 Å². The van der Waals surface area contributed by atoms with E-state index in [1.54, 1.807) is 28.9 Å². The van der Waals surface area contributed by atoms with E-state index in [2.05, 4.69) is 15.4 Å². The van der Waals surface area contributed by atoms with Crippen LogP contribution in [0.1, 0.15) is 5.56 Å². The number of nitrogens with one attached hydrogen (secondary N) is 1. The molecule has 2 heterocycles. The molecule has 9 heteroatoms. The Morgan fingerprint density at radius 2 is 1.87 bits per heavy atom. The monoisotopic (exact) mass is 437 g/mol. The highest BCUT2D eigenvalue weighted by Crippen LogP contribution is 2.11. The van der Waals surface area contributed by atoms with Crippen LogP contribution in [0.5, 0.6) is 5.75 Å². The molecular weight excluding hydrogens is 418 g/mol. The maximum atomic E-state index is 12.8. The second-order valence-corrected chi connectivity index (χ2v) is 7.30. The molecule has 0 aliphatic carbocycles. The molecule has 2 aromatic heterocycles. The van der Waals surface area contributed by atoms with E-state index in [0.29, 0.717) is 41.4 Å². The summed E-state index contributed by atoms with van der Waals surface area (Å²) >= 11 is 5.91. The van der Waals surface area contributed by atoms with E-state index in [4.69, 9.17) is 16.3 Å². The number of rotatable bonds is 8. The lowest BCUT2D eigenvalue weighted by Crippen LogP contribution is -2.31. The zero-order chi connectivity index (χ0) is 21.6. The fourth-order valence-electron chi connectivity index (χ4n) is 3.08. The molecule has 0 fully saturated rings. The fourth-order valence-corrected chi connectivity index (χ4v) is 3.20. The zero-order valence-electron chi connectivity index (χ0n) is 16.6. The Bertz CT molecular complexity index is 1240. The third-order valence-corrected chi connectivity index (χ3v) is 4.90. The van der Waals surface area contributed by atoms with Crippen LogP contribution in [0.25, 0.3) is 11.0 Å². The molecular formula is C22H20ClN5O3. The van der Waals surface area contributed by atoms with E-state index in [9.17, 15) is 9.59 Å². The van der Waals surface area contributed by atoms with Crippen molar-refractivity contribution in [3.8, 4) is 5.75 Å². The van der Waals surface area contributed by atoms with Crippen molar-refractivity contribution < 1.29 is 9.53 Å². The number of ether oxygens (including phenoxy) is 1. The number of fused-ring (bicyclic) bond motifs is 1. The van der Waals surface area contributed by atoms with Crippen molar-refractivity contribution in [2.45, 2.75) is 13.1 Å². The number of benzene rings is 2. The minimum Gasteiger partial charge on any atom is -0.484 e. The fraction of sp³-hybridized carbons (Fsp3) is 0.182. The first-order valence-electron chi connectivity index (χ1n) is 9.70. The predicted octanol–water partition coefficient (Wildman–Crippen LogP) is 2.49. The molecule has 1 amide bonds. The molecule has 0 saturated heterocycles. The topological polar surface area (TPSA) is 91.0 Å². The summed E-state index contributed by atoms with van der Waals surface area (Å²) in [6, 6.07) is 16.4. The van der Waals surface area contributed by atoms with Crippen molar-refractivity contribution in [2.24, 2.45) is 0 Å². The van der Waals surface area contributed by atoms with Gasteiger partial charge in [0.25, 0.3) is 11.5 Å². The highest BCUT2D eigenvalue weighted by Gasteiger charge is 2.11. The van der Waals surface area contributed by atoms with Crippen LogP contribution < -0.4 is 15.6 Å². The standard InChI is InChI=1S/C22H20ClN5O3/c23-17-8-6-16(7-9-17)13-27-15-25-21-19(22(27)30)12-26-28(21)11-10-24-20(29)14-31-18-4-2-1-3-5-18/h1-9,12,15H,10-11,13-14H2,(H,24,29). The number of amides is 1. The lowest BCUT2D eigenvalue weighted by Gasteiger charge is -2.08. The number of halogens is 1. The molecule has 0 aliphatic heterocycles. The second-order valence-electron chi connectivity index (χ2n) is 6.86. The Morgan fingerprint density at radius 3 is 2.65 bits per heavy atom. The molecule has 0 bridgehead atoms. The van der Waals surface area contributed by atoms with Crippen LogP contribution in [0.3, 0.4) is 0 Å². The Balaban J connectivity index is 1.35. The number of carbonyl (C=O) groups is 1. The van der Waals surface area contributed by atoms with Gasteiger partial charge in [0.05, 0.1) is 19.3 Å². The maximum absolute atomic E-state index is 12.8. The van der Waals surface area contributed by atoms with Crippen molar-refractivity contribution >= 4 is 28.5 Å². The molecule has 0 atom stereocenters. The van der Waals surface area contributed by atoms with Gasteiger partial charge in [0.2, 0.25) is 0 Å². The van der Waals surface area contributed by atoms with Crippen molar-refractivity contribution in [3.63, 3.8) is 0 Å². The number of hydrogen-bond donors (Lipinski definition) is 1. The second kappa shape index (κ2) is 9.44. The van der Waals surface area contributed by atoms with Crippen LogP contribution >= 0.6 is 11.6 Å². The highest BCUT2D eigenvalue weighted by molar-refractivity contribution is 6.30. The first kappa shape index (κ1) is 20.6. The van der Waals surface area contributed by atoms with Crippen LogP contribution in [0.4, 0.5) is 0 Å². The smallest absolute Gasteiger partial charge is 0.264 e. The lowest BCUT2D eigenvalue weighted by atomic mass is 10.2. The van der Waals surface area contributed by atoms with Gasteiger partial charge in [-0.05, 0) is 29.8 Å². The van der Waals surface area contributed by atoms with Crippen LogP contribution in [0.15, 0.2) is 71.9 Å². The van der Waals surface area contributed by atoms with Gasteiger partial charge in [0.15, 0.2) is 12.3 Å². The van der Waals surface area contributed by atoms with Gasteiger partial charge in [-0.25, -0.2) is 9.67 Å². The van der Waals surface area contributed by atoms with Gasteiger partial charge in [0.1, 0.15) is 17.5 Å². The van der Waals surface area contributed by atoms with E-state index in [1.165, 1.54) is 17.1 Å². The normalized spacial score (nSPS) is 10.9. The largest absolute Gasteiger partial charge is 0.484 e. The third-order valence-electron chi connectivity index (χ3n) is 4.65. The summed E-state index contributed by atoms with van der Waals surface area (Å²) in [7, 11) is 0. The number of hydrogen-bond acceptors (Lipinski definition) is 5. The Kier molecular flexibility index (Phi) is 6.28. The minimum atomic E-state index is -0.237. The Labute approximate surface area is 183 Å². The van der Waals surface area contributed by atoms with E-state index in [1.807, 2.05) is 30.3 Å². The molecule has 4 rings (SSSR count). The van der Waals surface area contributed by atoms with E-state index >= 15 is 0 Å². The van der Waals surface area contributed by atoms with Crippen LogP contribution in [-0.2, 0) is 17.9 Å². The average molecular weight is 438 g/mol. The molecule has 0 aliphatic rings. The van der Waals surface area contributed by atoms with Crippen molar-refractivity contribution in [1.82, 2.24) is 24.6 Å². The molecule has 0 spiro atoms. The highest BCUT2D eigenvalue weighted by atomic mass is 35.5. The summed E-state index contributed by atoms with van der Waals surface area (Å²) < 4.78 is 8.54. The summed E-state index contributed by atoms with van der Waals surface area (Å²) in [5.41, 5.74) is 1.25. The van der Waals surface area contributed by atoms with E-state index in [-0.39, 0.29) is 18.1 Å². The van der Waals surface area contributed by atoms with Gasteiger partial charge in [-0.1, -0.05) is 41.9 Å². The van der Waals surface area contributed by atoms with Gasteiger partial charge < -0.3 is 10.1 Å². The number of aromatic nitrogens is 4. The number of nitrogens with zero attached hydrogens (tertiary/aromatic N) is 4. The zero-order valence-corrected chi connectivity index (χ0v) is 17.3. The predicted molar refractivity (Wildman–Crippen MR) is 117 cm³/mol. The average Bonchev–Trinajstić information content (AvgIpc) is 3.20. The molecule has 2 aromatic carbocycles. The first-order valence-corrected chi connectivity index (χ1v) is 10.1. The molecule has 31 heavy (non-hydrogen) atoms.